The Morgan fingerprint density at radius 3 is 2.57 bits per heavy atom. The molecule has 0 unspecified atom stereocenters. The molecule has 1 aliphatic heterocycles. The molecule has 0 radical (unpaired) electrons. The molecule has 2 aromatic carbocycles. The van der Waals surface area contributed by atoms with Crippen LogP contribution in [0.1, 0.15) is 32.1 Å². The molecule has 1 saturated heterocycles. The summed E-state index contributed by atoms with van der Waals surface area (Å²) in [4.78, 5) is 32.5. The lowest BCUT2D eigenvalue weighted by Gasteiger charge is -2.23. The Balaban J connectivity index is 1.51. The lowest BCUT2D eigenvalue weighted by Crippen LogP contribution is -2.40. The van der Waals surface area contributed by atoms with Crippen molar-refractivity contribution in [3.8, 4) is 5.75 Å². The van der Waals surface area contributed by atoms with Gasteiger partial charge >= 0.3 is 0 Å². The second kappa shape index (κ2) is 9.34. The molecule has 1 aliphatic carbocycles. The third-order valence-corrected chi connectivity index (χ3v) is 6.54. The van der Waals surface area contributed by atoms with E-state index in [0.29, 0.717) is 16.6 Å². The van der Waals surface area contributed by atoms with Crippen LogP contribution in [0.3, 0.4) is 0 Å². The third kappa shape index (κ3) is 4.51. The molecular formula is C23H25N3O3S. The number of methoxy groups -OCH3 is 1. The summed E-state index contributed by atoms with van der Waals surface area (Å²) < 4.78 is 5.29. The van der Waals surface area contributed by atoms with Crippen molar-refractivity contribution in [3.05, 3.63) is 54.6 Å². The first-order chi connectivity index (χ1) is 14.7. The van der Waals surface area contributed by atoms with E-state index in [-0.39, 0.29) is 24.3 Å². The maximum absolute atomic E-state index is 13.2. The minimum Gasteiger partial charge on any atom is -0.495 e. The fraction of sp³-hybridized carbons (Fsp3) is 0.348. The van der Waals surface area contributed by atoms with Gasteiger partial charge in [-0.15, -0.1) is 0 Å². The van der Waals surface area contributed by atoms with Gasteiger partial charge in [0.05, 0.1) is 18.5 Å². The van der Waals surface area contributed by atoms with Crippen molar-refractivity contribution in [2.24, 2.45) is 4.99 Å². The van der Waals surface area contributed by atoms with Crippen LogP contribution < -0.4 is 10.1 Å². The Morgan fingerprint density at radius 2 is 1.83 bits per heavy atom. The summed E-state index contributed by atoms with van der Waals surface area (Å²) in [5.74, 6) is 0.365. The number of rotatable bonds is 6. The van der Waals surface area contributed by atoms with Crippen molar-refractivity contribution < 1.29 is 14.3 Å². The Kier molecular flexibility index (Phi) is 6.38. The van der Waals surface area contributed by atoms with Gasteiger partial charge < -0.3 is 10.1 Å². The largest absolute Gasteiger partial charge is 0.495 e. The maximum Gasteiger partial charge on any atom is 0.242 e. The highest BCUT2D eigenvalue weighted by molar-refractivity contribution is 8.15. The van der Waals surface area contributed by atoms with Crippen molar-refractivity contribution in [3.63, 3.8) is 0 Å². The van der Waals surface area contributed by atoms with Gasteiger partial charge in [0.1, 0.15) is 11.0 Å². The Labute approximate surface area is 180 Å². The topological polar surface area (TPSA) is 71.0 Å². The number of hydrogen-bond acceptors (Lipinski definition) is 5. The highest BCUT2D eigenvalue weighted by Gasteiger charge is 2.43. The maximum atomic E-state index is 13.2. The van der Waals surface area contributed by atoms with Crippen LogP contribution in [0.25, 0.3) is 0 Å². The molecule has 1 heterocycles. The molecule has 1 N–H and O–H groups in total. The Bertz CT molecular complexity index is 942. The molecule has 0 bridgehead atoms. The van der Waals surface area contributed by atoms with Gasteiger partial charge in [-0.2, -0.15) is 0 Å². The number of anilines is 1. The van der Waals surface area contributed by atoms with Gasteiger partial charge in [-0.3, -0.25) is 14.5 Å². The van der Waals surface area contributed by atoms with Crippen LogP contribution in [0, 0.1) is 0 Å². The predicted octanol–water partition coefficient (Wildman–Crippen LogP) is 4.60. The fourth-order valence-corrected chi connectivity index (χ4v) is 5.14. The number of nitrogens with zero attached hydrogens (tertiary/aromatic N) is 2. The molecule has 0 spiro atoms. The molecule has 156 valence electrons. The average molecular weight is 424 g/mol. The molecule has 2 amide bonds. The number of carbonyl (C=O) groups excluding carboxylic acids is 2. The van der Waals surface area contributed by atoms with Crippen LogP contribution >= 0.6 is 11.8 Å². The lowest BCUT2D eigenvalue weighted by molar-refractivity contribution is -0.129. The van der Waals surface area contributed by atoms with Crippen molar-refractivity contribution in [1.82, 2.24) is 4.90 Å². The third-order valence-electron chi connectivity index (χ3n) is 5.39. The summed E-state index contributed by atoms with van der Waals surface area (Å²) in [7, 11) is 1.56. The number of carbonyl (C=O) groups is 2. The molecular weight excluding hydrogens is 398 g/mol. The Morgan fingerprint density at radius 1 is 1.13 bits per heavy atom. The minimum atomic E-state index is -0.470. The van der Waals surface area contributed by atoms with Crippen molar-refractivity contribution in [2.45, 2.75) is 43.4 Å². The number of aliphatic imine (C=N–C) groups is 1. The number of amides is 2. The van der Waals surface area contributed by atoms with Gasteiger partial charge in [-0.25, -0.2) is 4.99 Å². The number of benzene rings is 2. The zero-order valence-electron chi connectivity index (χ0n) is 16.9. The Hall–Kier alpha value is -2.80. The highest BCUT2D eigenvalue weighted by Crippen LogP contribution is 2.37. The summed E-state index contributed by atoms with van der Waals surface area (Å²) in [5.41, 5.74) is 1.42. The number of ether oxygens (including phenoxy) is 1. The van der Waals surface area contributed by atoms with E-state index >= 15 is 0 Å². The van der Waals surface area contributed by atoms with Gasteiger partial charge in [0.2, 0.25) is 11.8 Å². The molecule has 4 rings (SSSR count). The van der Waals surface area contributed by atoms with E-state index in [9.17, 15) is 9.59 Å². The van der Waals surface area contributed by atoms with Crippen LogP contribution in [-0.2, 0) is 9.59 Å². The molecule has 2 fully saturated rings. The molecule has 1 atom stereocenters. The van der Waals surface area contributed by atoms with E-state index in [2.05, 4.69) is 5.32 Å². The van der Waals surface area contributed by atoms with Crippen molar-refractivity contribution >= 4 is 40.1 Å². The lowest BCUT2D eigenvalue weighted by atomic mass is 10.2. The van der Waals surface area contributed by atoms with Crippen LogP contribution in [-0.4, -0.2) is 40.3 Å². The summed E-state index contributed by atoms with van der Waals surface area (Å²) >= 11 is 1.39. The van der Waals surface area contributed by atoms with Crippen molar-refractivity contribution in [1.29, 1.82) is 0 Å². The van der Waals surface area contributed by atoms with Crippen LogP contribution in [0.5, 0.6) is 5.75 Å². The van der Waals surface area contributed by atoms with Crippen LogP contribution in [0.4, 0.5) is 11.4 Å². The van der Waals surface area contributed by atoms with E-state index in [1.165, 1.54) is 11.8 Å². The summed E-state index contributed by atoms with van der Waals surface area (Å²) in [6.45, 7) is 0. The zero-order valence-corrected chi connectivity index (χ0v) is 17.7. The fourth-order valence-electron chi connectivity index (χ4n) is 3.92. The van der Waals surface area contributed by atoms with Gasteiger partial charge in [-0.05, 0) is 37.1 Å². The summed E-state index contributed by atoms with van der Waals surface area (Å²) in [6.07, 6.45) is 4.31. The highest BCUT2D eigenvalue weighted by atomic mass is 32.2. The van der Waals surface area contributed by atoms with Gasteiger partial charge in [0, 0.05) is 12.5 Å². The van der Waals surface area contributed by atoms with Crippen LogP contribution in [0.2, 0.25) is 0 Å². The zero-order chi connectivity index (χ0) is 20.9. The molecule has 1 saturated carbocycles. The second-order valence-electron chi connectivity index (χ2n) is 7.44. The predicted molar refractivity (Wildman–Crippen MR) is 120 cm³/mol. The standard InChI is InChI=1S/C23H25N3O3S/c1-29-19-14-8-7-13-18(19)25-21(27)15-20-22(28)26(17-11-5-6-12-17)23(30-20)24-16-9-3-2-4-10-16/h2-4,7-10,13-14,17,20H,5-6,11-12,15H2,1H3,(H,25,27)/t20-/m1/s1. The van der Waals surface area contributed by atoms with Gasteiger partial charge in [-0.1, -0.05) is 54.9 Å². The molecule has 0 aromatic heterocycles. The smallest absolute Gasteiger partial charge is 0.242 e. The van der Waals surface area contributed by atoms with E-state index in [0.717, 1.165) is 31.4 Å². The second-order valence-corrected chi connectivity index (χ2v) is 8.61. The normalized spacial score (nSPS) is 20.7. The van der Waals surface area contributed by atoms with Gasteiger partial charge in [0.25, 0.3) is 0 Å². The molecule has 2 aromatic rings. The molecule has 6 nitrogen and oxygen atoms in total. The first kappa shape index (κ1) is 20.5. The average Bonchev–Trinajstić information content (AvgIpc) is 3.37. The van der Waals surface area contributed by atoms with Crippen molar-refractivity contribution in [2.75, 3.05) is 12.4 Å². The number of amidine groups is 1. The molecule has 30 heavy (non-hydrogen) atoms. The van der Waals surface area contributed by atoms with E-state index in [1.54, 1.807) is 19.2 Å². The summed E-state index contributed by atoms with van der Waals surface area (Å²) in [5, 5.41) is 3.10. The minimum absolute atomic E-state index is 0.0169. The first-order valence-corrected chi connectivity index (χ1v) is 11.1. The number of nitrogens with one attached hydrogen (secondary N) is 1. The quantitative estimate of drug-likeness (QED) is 0.737. The molecule has 2 aliphatic rings. The monoisotopic (exact) mass is 423 g/mol. The van der Waals surface area contributed by atoms with E-state index in [1.807, 2.05) is 47.4 Å². The van der Waals surface area contributed by atoms with E-state index < -0.39 is 5.25 Å². The summed E-state index contributed by atoms with van der Waals surface area (Å²) in [6, 6.07) is 17.1. The number of para-hydroxylation sites is 3. The number of thioether (sulfide) groups is 1. The number of hydrogen-bond donors (Lipinski definition) is 1. The SMILES string of the molecule is COc1ccccc1NC(=O)C[C@H]1SC(=Nc2ccccc2)N(C2CCCC2)C1=O. The van der Waals surface area contributed by atoms with Crippen LogP contribution in [0.15, 0.2) is 59.6 Å². The first-order valence-electron chi connectivity index (χ1n) is 10.2. The van der Waals surface area contributed by atoms with E-state index in [4.69, 9.17) is 9.73 Å². The van der Waals surface area contributed by atoms with Gasteiger partial charge in [0.15, 0.2) is 5.17 Å². The molecule has 7 heteroatoms.